The lowest BCUT2D eigenvalue weighted by Gasteiger charge is -2.47. The standard InChI is InChI=1S/C33H53O3PSi2/c1-26-30(35-38(8,9)32(2,3)4)24-27(25-31(26)36-39(10,11)33(5,6)7)22-23-37(34,28-18-14-12-15-19-28)29-20-16-13-17-21-29/h12-21,27,30-31H,1,22-25H2,2-11H3/t27?,30-,31+. The molecule has 1 unspecified atom stereocenters. The first-order chi connectivity index (χ1) is 17.9. The van der Waals surface area contributed by atoms with Gasteiger partial charge in [-0.05, 0) is 67.0 Å². The maximum absolute atomic E-state index is 14.7. The van der Waals surface area contributed by atoms with Gasteiger partial charge in [0.25, 0.3) is 0 Å². The first-order valence-electron chi connectivity index (χ1n) is 14.6. The molecule has 1 aliphatic carbocycles. The normalized spacial score (nSPS) is 21.7. The fourth-order valence-electron chi connectivity index (χ4n) is 4.87. The lowest BCUT2D eigenvalue weighted by molar-refractivity contribution is 0.0800. The van der Waals surface area contributed by atoms with E-state index in [1.54, 1.807) is 0 Å². The minimum atomic E-state index is -2.77. The summed E-state index contributed by atoms with van der Waals surface area (Å²) < 4.78 is 28.8. The molecule has 0 heterocycles. The predicted molar refractivity (Wildman–Crippen MR) is 175 cm³/mol. The van der Waals surface area contributed by atoms with Crippen LogP contribution in [0.2, 0.25) is 36.3 Å². The lowest BCUT2D eigenvalue weighted by atomic mass is 9.81. The van der Waals surface area contributed by atoms with E-state index in [1.165, 1.54) is 0 Å². The van der Waals surface area contributed by atoms with Crippen molar-refractivity contribution in [3.63, 3.8) is 0 Å². The molecular formula is C33H53O3PSi2. The Balaban J connectivity index is 1.91. The van der Waals surface area contributed by atoms with Crippen LogP contribution in [0.3, 0.4) is 0 Å². The molecule has 216 valence electrons. The van der Waals surface area contributed by atoms with Gasteiger partial charge in [-0.1, -0.05) is 109 Å². The van der Waals surface area contributed by atoms with E-state index in [4.69, 9.17) is 8.85 Å². The van der Waals surface area contributed by atoms with Crippen LogP contribution in [0.1, 0.15) is 60.8 Å². The minimum absolute atomic E-state index is 0.0211. The van der Waals surface area contributed by atoms with E-state index in [-0.39, 0.29) is 22.3 Å². The van der Waals surface area contributed by atoms with Crippen LogP contribution in [0.5, 0.6) is 0 Å². The number of hydrogen-bond donors (Lipinski definition) is 0. The summed E-state index contributed by atoms with van der Waals surface area (Å²) in [5.74, 6) is 0.362. The Hall–Kier alpha value is -1.24. The molecule has 1 aliphatic rings. The Labute approximate surface area is 241 Å². The summed E-state index contributed by atoms with van der Waals surface area (Å²) in [5.41, 5.74) is 1.11. The SMILES string of the molecule is C=C1[C@@H](O[Si](C)(C)C(C)(C)C)CC(CCP(=O)(c2ccccc2)c2ccccc2)C[C@H]1O[Si](C)(C)C(C)(C)C. The Bertz CT molecular complexity index is 1060. The molecule has 0 saturated heterocycles. The van der Waals surface area contributed by atoms with E-state index >= 15 is 0 Å². The van der Waals surface area contributed by atoms with Gasteiger partial charge < -0.3 is 13.4 Å². The Kier molecular flexibility index (Phi) is 9.88. The van der Waals surface area contributed by atoms with Crippen molar-refractivity contribution in [2.24, 2.45) is 5.92 Å². The zero-order valence-electron chi connectivity index (χ0n) is 26.2. The Morgan fingerprint density at radius 2 is 1.10 bits per heavy atom. The van der Waals surface area contributed by atoms with E-state index in [2.05, 4.69) is 74.3 Å². The van der Waals surface area contributed by atoms with Gasteiger partial charge >= 0.3 is 0 Å². The summed E-state index contributed by atoms with van der Waals surface area (Å²) in [6.07, 6.45) is 3.33. The van der Waals surface area contributed by atoms with Crippen LogP contribution in [0.15, 0.2) is 72.8 Å². The zero-order chi connectivity index (χ0) is 29.3. The lowest BCUT2D eigenvalue weighted by Crippen LogP contribution is -2.50. The molecule has 0 radical (unpaired) electrons. The van der Waals surface area contributed by atoms with Gasteiger partial charge in [0.1, 0.15) is 7.14 Å². The van der Waals surface area contributed by atoms with Gasteiger partial charge in [-0.3, -0.25) is 0 Å². The van der Waals surface area contributed by atoms with Gasteiger partial charge in [-0.25, -0.2) is 0 Å². The summed E-state index contributed by atoms with van der Waals surface area (Å²) in [6, 6.07) is 20.1. The van der Waals surface area contributed by atoms with Crippen LogP contribution in [0, 0.1) is 5.92 Å². The summed E-state index contributed by atoms with van der Waals surface area (Å²) in [4.78, 5) is 0. The molecule has 0 spiro atoms. The first-order valence-corrected chi connectivity index (χ1v) is 22.3. The molecule has 3 atom stereocenters. The van der Waals surface area contributed by atoms with E-state index in [0.29, 0.717) is 12.1 Å². The monoisotopic (exact) mass is 584 g/mol. The van der Waals surface area contributed by atoms with Crippen molar-refractivity contribution in [2.75, 3.05) is 6.16 Å². The first kappa shape index (κ1) is 32.3. The van der Waals surface area contributed by atoms with E-state index in [9.17, 15) is 4.57 Å². The fraction of sp³-hybridized carbons (Fsp3) is 0.576. The molecule has 3 rings (SSSR count). The van der Waals surface area contributed by atoms with Gasteiger partial charge in [-0.2, -0.15) is 0 Å². The third-order valence-electron chi connectivity index (χ3n) is 9.61. The third kappa shape index (κ3) is 7.54. The molecule has 39 heavy (non-hydrogen) atoms. The van der Waals surface area contributed by atoms with Crippen molar-refractivity contribution in [3.8, 4) is 0 Å². The summed E-state index contributed by atoms with van der Waals surface area (Å²) in [5, 5.41) is 2.12. The Morgan fingerprint density at radius 3 is 1.44 bits per heavy atom. The van der Waals surface area contributed by atoms with E-state index in [0.717, 1.165) is 35.4 Å². The highest BCUT2D eigenvalue weighted by Gasteiger charge is 2.46. The molecule has 1 fully saturated rings. The number of benzene rings is 2. The minimum Gasteiger partial charge on any atom is -0.410 e. The van der Waals surface area contributed by atoms with Crippen molar-refractivity contribution < 1.29 is 13.4 Å². The van der Waals surface area contributed by atoms with Crippen molar-refractivity contribution in [3.05, 3.63) is 72.8 Å². The molecular weight excluding hydrogens is 532 g/mol. The maximum Gasteiger partial charge on any atom is 0.192 e. The summed E-state index contributed by atoms with van der Waals surface area (Å²) >= 11 is 0. The number of rotatable bonds is 9. The third-order valence-corrected chi connectivity index (χ3v) is 21.7. The van der Waals surface area contributed by atoms with Crippen LogP contribution in [-0.4, -0.2) is 35.0 Å². The molecule has 0 amide bonds. The van der Waals surface area contributed by atoms with Crippen molar-refractivity contribution >= 4 is 34.4 Å². The highest BCUT2D eigenvalue weighted by atomic mass is 31.2. The molecule has 2 aromatic rings. The van der Waals surface area contributed by atoms with Crippen LogP contribution in [0.4, 0.5) is 0 Å². The maximum atomic E-state index is 14.7. The van der Waals surface area contributed by atoms with Crippen LogP contribution in [0.25, 0.3) is 0 Å². The van der Waals surface area contributed by atoms with E-state index in [1.807, 2.05) is 60.7 Å². The van der Waals surface area contributed by atoms with Gasteiger partial charge in [0.05, 0.1) is 12.2 Å². The second-order valence-corrected chi connectivity index (χ2v) is 27.0. The van der Waals surface area contributed by atoms with Crippen molar-refractivity contribution in [1.82, 2.24) is 0 Å². The number of hydrogen-bond acceptors (Lipinski definition) is 3. The van der Waals surface area contributed by atoms with Crippen LogP contribution < -0.4 is 10.6 Å². The molecule has 0 N–H and O–H groups in total. The van der Waals surface area contributed by atoms with Gasteiger partial charge in [0, 0.05) is 16.8 Å². The second kappa shape index (κ2) is 11.9. The fourth-order valence-corrected chi connectivity index (χ4v) is 10.3. The van der Waals surface area contributed by atoms with Gasteiger partial charge in [-0.15, -0.1) is 0 Å². The largest absolute Gasteiger partial charge is 0.410 e. The topological polar surface area (TPSA) is 35.5 Å². The molecule has 0 aromatic heterocycles. The average Bonchev–Trinajstić information content (AvgIpc) is 2.84. The highest BCUT2D eigenvalue weighted by Crippen LogP contribution is 2.48. The van der Waals surface area contributed by atoms with Crippen molar-refractivity contribution in [1.29, 1.82) is 0 Å². The smallest absolute Gasteiger partial charge is 0.192 e. The van der Waals surface area contributed by atoms with Gasteiger partial charge in [0.15, 0.2) is 16.6 Å². The average molecular weight is 585 g/mol. The van der Waals surface area contributed by atoms with Crippen molar-refractivity contribution in [2.45, 2.75) is 109 Å². The molecule has 0 bridgehead atoms. The quantitative estimate of drug-likeness (QED) is 0.167. The Morgan fingerprint density at radius 1 is 0.744 bits per heavy atom. The summed E-state index contributed by atoms with van der Waals surface area (Å²) in [6.45, 7) is 27.7. The van der Waals surface area contributed by atoms with Crippen LogP contribution >= 0.6 is 7.14 Å². The molecule has 0 aliphatic heterocycles. The molecule has 1 saturated carbocycles. The molecule has 3 nitrogen and oxygen atoms in total. The second-order valence-electron chi connectivity index (χ2n) is 14.6. The zero-order valence-corrected chi connectivity index (χ0v) is 29.1. The predicted octanol–water partition coefficient (Wildman–Crippen LogP) is 9.14. The van der Waals surface area contributed by atoms with Crippen LogP contribution in [-0.2, 0) is 13.4 Å². The summed E-state index contributed by atoms with van der Waals surface area (Å²) in [7, 11) is -6.79. The highest BCUT2D eigenvalue weighted by molar-refractivity contribution is 7.78. The van der Waals surface area contributed by atoms with E-state index < -0.39 is 23.8 Å². The molecule has 2 aromatic carbocycles. The molecule has 6 heteroatoms. The van der Waals surface area contributed by atoms with Gasteiger partial charge in [0.2, 0.25) is 0 Å².